The van der Waals surface area contributed by atoms with Crippen molar-refractivity contribution >= 4 is 0 Å². The van der Waals surface area contributed by atoms with E-state index in [2.05, 4.69) is 44.2 Å². The molecule has 3 aliphatic rings. The van der Waals surface area contributed by atoms with Crippen molar-refractivity contribution in [3.05, 3.63) is 35.9 Å². The Morgan fingerprint density at radius 1 is 0.594 bits per heavy atom. The van der Waals surface area contributed by atoms with Crippen molar-refractivity contribution in [2.75, 3.05) is 0 Å². The number of hydrogen-bond donors (Lipinski definition) is 0. The first-order valence-electron chi connectivity index (χ1n) is 14.8. The van der Waals surface area contributed by atoms with Gasteiger partial charge in [0.15, 0.2) is 0 Å². The molecule has 3 saturated carbocycles. The largest absolute Gasteiger partial charge is 0.0654 e. The second kappa shape index (κ2) is 12.6. The summed E-state index contributed by atoms with van der Waals surface area (Å²) in [6.45, 7) is 4.81. The van der Waals surface area contributed by atoms with Crippen LogP contribution in [0.1, 0.15) is 134 Å². The quantitative estimate of drug-likeness (QED) is 0.361. The second-order valence-corrected chi connectivity index (χ2v) is 12.4. The van der Waals surface area contributed by atoms with E-state index in [4.69, 9.17) is 0 Å². The minimum absolute atomic E-state index is 0.731. The summed E-state index contributed by atoms with van der Waals surface area (Å²) in [5.74, 6) is 7.07. The maximum atomic E-state index is 2.44. The van der Waals surface area contributed by atoms with E-state index < -0.39 is 0 Å². The highest BCUT2D eigenvalue weighted by Gasteiger charge is 2.31. The lowest BCUT2D eigenvalue weighted by atomic mass is 9.67. The zero-order chi connectivity index (χ0) is 22.2. The fourth-order valence-corrected chi connectivity index (χ4v) is 7.95. The molecule has 1 aromatic carbocycles. The van der Waals surface area contributed by atoms with Gasteiger partial charge in [-0.15, -0.1) is 0 Å². The summed E-state index contributed by atoms with van der Waals surface area (Å²) in [5.41, 5.74) is 1.54. The Morgan fingerprint density at radius 3 is 1.53 bits per heavy atom. The molecule has 0 N–H and O–H groups in total. The van der Waals surface area contributed by atoms with Gasteiger partial charge < -0.3 is 0 Å². The molecule has 0 heterocycles. The number of benzene rings is 1. The Kier molecular flexibility index (Phi) is 9.60. The average molecular weight is 437 g/mol. The third-order valence-electron chi connectivity index (χ3n) is 10.2. The van der Waals surface area contributed by atoms with E-state index in [1.807, 2.05) is 0 Å². The second-order valence-electron chi connectivity index (χ2n) is 12.4. The van der Waals surface area contributed by atoms with Crippen LogP contribution in [0.25, 0.3) is 0 Å². The Balaban J connectivity index is 1.09. The molecule has 0 nitrogen and oxygen atoms in total. The van der Waals surface area contributed by atoms with E-state index in [1.165, 1.54) is 57.8 Å². The summed E-state index contributed by atoms with van der Waals surface area (Å²) >= 11 is 0. The van der Waals surface area contributed by atoms with Gasteiger partial charge >= 0.3 is 0 Å². The van der Waals surface area contributed by atoms with Gasteiger partial charge in [-0.25, -0.2) is 0 Å². The molecule has 0 saturated heterocycles. The Bertz CT molecular complexity index is 609. The van der Waals surface area contributed by atoms with Crippen molar-refractivity contribution < 1.29 is 0 Å². The first-order valence-corrected chi connectivity index (χ1v) is 14.8. The van der Waals surface area contributed by atoms with Crippen LogP contribution in [0.2, 0.25) is 0 Å². The van der Waals surface area contributed by atoms with Gasteiger partial charge in [0, 0.05) is 0 Å². The molecule has 0 radical (unpaired) electrons. The minimum atomic E-state index is 0.731. The summed E-state index contributed by atoms with van der Waals surface area (Å²) in [6, 6.07) is 11.2. The maximum absolute atomic E-state index is 2.44. The topological polar surface area (TPSA) is 0 Å². The lowest BCUT2D eigenvalue weighted by Gasteiger charge is -2.39. The highest BCUT2D eigenvalue weighted by Crippen LogP contribution is 2.44. The number of hydrogen-bond acceptors (Lipinski definition) is 0. The lowest BCUT2D eigenvalue weighted by Crippen LogP contribution is -2.26. The van der Waals surface area contributed by atoms with Crippen molar-refractivity contribution in [1.82, 2.24) is 0 Å². The summed E-state index contributed by atoms with van der Waals surface area (Å²) in [7, 11) is 0. The van der Waals surface area contributed by atoms with E-state index in [-0.39, 0.29) is 0 Å². The van der Waals surface area contributed by atoms with Gasteiger partial charge in [-0.1, -0.05) is 121 Å². The fourth-order valence-electron chi connectivity index (χ4n) is 7.95. The Hall–Kier alpha value is -0.780. The molecule has 0 aliphatic heterocycles. The van der Waals surface area contributed by atoms with Gasteiger partial charge in [-0.2, -0.15) is 0 Å². The van der Waals surface area contributed by atoms with Crippen molar-refractivity contribution in [1.29, 1.82) is 0 Å². The molecule has 3 aliphatic carbocycles. The molecule has 0 aromatic heterocycles. The van der Waals surface area contributed by atoms with E-state index in [9.17, 15) is 0 Å². The van der Waals surface area contributed by atoms with Crippen molar-refractivity contribution in [3.8, 4) is 0 Å². The van der Waals surface area contributed by atoms with Crippen molar-refractivity contribution in [3.63, 3.8) is 0 Å². The van der Waals surface area contributed by atoms with Gasteiger partial charge in [0.2, 0.25) is 0 Å². The molecule has 3 fully saturated rings. The van der Waals surface area contributed by atoms with Crippen molar-refractivity contribution in [2.24, 2.45) is 35.5 Å². The smallest absolute Gasteiger partial charge is 0.0188 e. The summed E-state index contributed by atoms with van der Waals surface area (Å²) in [6.07, 6.45) is 25.9. The SMILES string of the molecule is CCCC1CCC(CCC2CCC(C3CCC(C[C@@H](C)c4ccccc4)CC3)CC2)CC1. The number of rotatable bonds is 9. The molecule has 0 spiro atoms. The third kappa shape index (κ3) is 7.11. The zero-order valence-electron chi connectivity index (χ0n) is 21.4. The van der Waals surface area contributed by atoms with Crippen molar-refractivity contribution in [2.45, 2.75) is 129 Å². The third-order valence-corrected chi connectivity index (χ3v) is 10.2. The van der Waals surface area contributed by atoms with Crippen LogP contribution in [0.15, 0.2) is 30.3 Å². The summed E-state index contributed by atoms with van der Waals surface area (Å²) in [4.78, 5) is 0. The molecule has 0 unspecified atom stereocenters. The maximum Gasteiger partial charge on any atom is -0.0188 e. The van der Waals surface area contributed by atoms with Gasteiger partial charge in [0.25, 0.3) is 0 Å². The monoisotopic (exact) mass is 436 g/mol. The van der Waals surface area contributed by atoms with Crippen LogP contribution >= 0.6 is 0 Å². The van der Waals surface area contributed by atoms with Crippen LogP contribution in [0.3, 0.4) is 0 Å². The zero-order valence-corrected chi connectivity index (χ0v) is 21.4. The Labute approximate surface area is 200 Å². The van der Waals surface area contributed by atoms with Crippen LogP contribution in [0.4, 0.5) is 0 Å². The first-order chi connectivity index (χ1) is 15.7. The standard InChI is InChI=1S/C32H52/c1-3-7-26-10-12-27(13-11-26)14-15-28-16-20-31(21-17-28)32-22-18-29(19-23-32)24-25(2)30-8-5-4-6-9-30/h4-6,8-9,25-29,31-32H,3,7,10-24H2,1-2H3/t25-,26?,27?,28?,29?,31?,32?/m1/s1. The lowest BCUT2D eigenvalue weighted by molar-refractivity contribution is 0.135. The van der Waals surface area contributed by atoms with Gasteiger partial charge in [-0.05, 0) is 79.1 Å². The minimum Gasteiger partial charge on any atom is -0.0654 e. The van der Waals surface area contributed by atoms with Gasteiger partial charge in [0.1, 0.15) is 0 Å². The molecular formula is C32H52. The molecule has 0 heteroatoms. The van der Waals surface area contributed by atoms with E-state index >= 15 is 0 Å². The summed E-state index contributed by atoms with van der Waals surface area (Å²) < 4.78 is 0. The molecule has 0 amide bonds. The normalized spacial score (nSPS) is 34.8. The molecular weight excluding hydrogens is 384 g/mol. The highest BCUT2D eigenvalue weighted by molar-refractivity contribution is 5.18. The van der Waals surface area contributed by atoms with Crippen LogP contribution < -0.4 is 0 Å². The highest BCUT2D eigenvalue weighted by atomic mass is 14.4. The van der Waals surface area contributed by atoms with Gasteiger partial charge in [0.05, 0.1) is 0 Å². The molecule has 1 aromatic rings. The van der Waals surface area contributed by atoms with E-state index in [1.54, 1.807) is 56.9 Å². The predicted octanol–water partition coefficient (Wildman–Crippen LogP) is 10.2. The van der Waals surface area contributed by atoms with Crippen LogP contribution in [-0.4, -0.2) is 0 Å². The fraction of sp³-hybridized carbons (Fsp3) is 0.812. The van der Waals surface area contributed by atoms with E-state index in [0.717, 1.165) is 41.4 Å². The molecule has 1 atom stereocenters. The first kappa shape index (κ1) is 24.3. The average Bonchev–Trinajstić information content (AvgIpc) is 2.85. The van der Waals surface area contributed by atoms with Crippen LogP contribution in [-0.2, 0) is 0 Å². The predicted molar refractivity (Wildman–Crippen MR) is 140 cm³/mol. The molecule has 180 valence electrons. The Morgan fingerprint density at radius 2 is 1.03 bits per heavy atom. The van der Waals surface area contributed by atoms with Gasteiger partial charge in [-0.3, -0.25) is 0 Å². The molecule has 4 rings (SSSR count). The molecule has 32 heavy (non-hydrogen) atoms. The van der Waals surface area contributed by atoms with Crippen LogP contribution in [0, 0.1) is 35.5 Å². The summed E-state index contributed by atoms with van der Waals surface area (Å²) in [5, 5.41) is 0. The van der Waals surface area contributed by atoms with Crippen LogP contribution in [0.5, 0.6) is 0 Å². The van der Waals surface area contributed by atoms with E-state index in [0.29, 0.717) is 0 Å². The molecule has 0 bridgehead atoms.